The van der Waals surface area contributed by atoms with Crippen molar-refractivity contribution < 1.29 is 13.2 Å². The number of halogens is 5. The van der Waals surface area contributed by atoms with Crippen molar-refractivity contribution in [2.75, 3.05) is 0 Å². The summed E-state index contributed by atoms with van der Waals surface area (Å²) in [6.45, 7) is 1.85. The third-order valence-electron chi connectivity index (χ3n) is 3.96. The summed E-state index contributed by atoms with van der Waals surface area (Å²) in [4.78, 5) is 3.89. The van der Waals surface area contributed by atoms with Gasteiger partial charge in [-0.05, 0) is 53.9 Å². The van der Waals surface area contributed by atoms with Crippen molar-refractivity contribution in [2.24, 2.45) is 0 Å². The van der Waals surface area contributed by atoms with Crippen LogP contribution in [0.5, 0.6) is 0 Å². The van der Waals surface area contributed by atoms with E-state index in [2.05, 4.69) is 10.1 Å². The Morgan fingerprint density at radius 2 is 1.78 bits per heavy atom. The Morgan fingerprint density at radius 1 is 1.07 bits per heavy atom. The summed E-state index contributed by atoms with van der Waals surface area (Å²) in [5.74, 6) is -1.82. The van der Waals surface area contributed by atoms with Crippen molar-refractivity contribution in [3.63, 3.8) is 0 Å². The molecule has 1 aromatic heterocycles. The second kappa shape index (κ2) is 7.74. The van der Waals surface area contributed by atoms with Gasteiger partial charge in [-0.2, -0.15) is 18.3 Å². The van der Waals surface area contributed by atoms with Gasteiger partial charge in [0.15, 0.2) is 0 Å². The Bertz CT molecular complexity index is 947. The summed E-state index contributed by atoms with van der Waals surface area (Å²) in [7, 11) is 0. The Labute approximate surface area is 164 Å². The lowest BCUT2D eigenvalue weighted by atomic mass is 9.97. The van der Waals surface area contributed by atoms with Crippen LogP contribution < -0.4 is 0 Å². The molecule has 0 bridgehead atoms. The van der Waals surface area contributed by atoms with Gasteiger partial charge in [0.2, 0.25) is 0 Å². The first-order valence-corrected chi connectivity index (χ1v) is 8.66. The highest BCUT2D eigenvalue weighted by molar-refractivity contribution is 6.34. The minimum atomic E-state index is -4.47. The van der Waals surface area contributed by atoms with Crippen LogP contribution in [0.25, 0.3) is 11.8 Å². The molecule has 0 N–H and O–H groups in total. The first kappa shape index (κ1) is 19.5. The summed E-state index contributed by atoms with van der Waals surface area (Å²) < 4.78 is 42.2. The van der Waals surface area contributed by atoms with Gasteiger partial charge in [0, 0.05) is 10.0 Å². The highest BCUT2D eigenvalue weighted by Gasteiger charge is 2.39. The predicted molar refractivity (Wildman–Crippen MR) is 100 cm³/mol. The SMILES string of the molecule is Cc1cc(/C=C/C(c2cc(Cl)cc(Cl)c2)C(F)(F)F)ccc1-n1cncn1. The van der Waals surface area contributed by atoms with Crippen LogP contribution in [0.4, 0.5) is 13.2 Å². The molecule has 1 atom stereocenters. The lowest BCUT2D eigenvalue weighted by Crippen LogP contribution is -2.18. The van der Waals surface area contributed by atoms with E-state index in [4.69, 9.17) is 23.2 Å². The zero-order valence-electron chi connectivity index (χ0n) is 14.1. The highest BCUT2D eigenvalue weighted by Crippen LogP contribution is 2.38. The molecule has 0 saturated heterocycles. The van der Waals surface area contributed by atoms with Gasteiger partial charge in [0.1, 0.15) is 12.7 Å². The van der Waals surface area contributed by atoms with E-state index >= 15 is 0 Å². The lowest BCUT2D eigenvalue weighted by molar-refractivity contribution is -0.139. The van der Waals surface area contributed by atoms with Crippen LogP contribution in [-0.2, 0) is 0 Å². The maximum Gasteiger partial charge on any atom is 0.399 e. The second-order valence-electron chi connectivity index (χ2n) is 5.97. The number of hydrogen-bond acceptors (Lipinski definition) is 2. The van der Waals surface area contributed by atoms with E-state index < -0.39 is 12.1 Å². The van der Waals surface area contributed by atoms with Crippen molar-refractivity contribution in [1.29, 1.82) is 0 Å². The molecule has 0 radical (unpaired) electrons. The summed E-state index contributed by atoms with van der Waals surface area (Å²) >= 11 is 11.7. The molecule has 1 heterocycles. The number of alkyl halides is 3. The molecule has 8 heteroatoms. The minimum Gasteiger partial charge on any atom is -0.223 e. The van der Waals surface area contributed by atoms with Gasteiger partial charge < -0.3 is 0 Å². The molecule has 3 nitrogen and oxygen atoms in total. The average Bonchev–Trinajstić information content (AvgIpc) is 3.07. The lowest BCUT2D eigenvalue weighted by Gasteiger charge is -2.18. The number of aromatic nitrogens is 3. The zero-order chi connectivity index (χ0) is 19.6. The molecule has 1 unspecified atom stereocenters. The Hall–Kier alpha value is -2.31. The number of nitrogens with zero attached hydrogens (tertiary/aromatic N) is 3. The minimum absolute atomic E-state index is 0.00722. The van der Waals surface area contributed by atoms with Crippen LogP contribution in [-0.4, -0.2) is 20.9 Å². The standard InChI is InChI=1S/C19H14Cl2F3N3/c1-12-6-13(3-5-18(12)27-11-25-10-26-27)2-4-17(19(22,23)24)14-7-15(20)9-16(21)8-14/h2-11,17H,1H3/b4-2+. The summed E-state index contributed by atoms with van der Waals surface area (Å²) in [5, 5.41) is 4.37. The first-order chi connectivity index (χ1) is 12.7. The van der Waals surface area contributed by atoms with Gasteiger partial charge in [0.05, 0.1) is 11.6 Å². The Morgan fingerprint density at radius 3 is 2.33 bits per heavy atom. The van der Waals surface area contributed by atoms with E-state index in [0.717, 1.165) is 17.3 Å². The van der Waals surface area contributed by atoms with Crippen LogP contribution in [0.15, 0.2) is 55.1 Å². The number of benzene rings is 2. The third kappa shape index (κ3) is 4.70. The van der Waals surface area contributed by atoms with E-state index in [9.17, 15) is 13.2 Å². The molecular weight excluding hydrogens is 398 g/mol. The fraction of sp³-hybridized carbons (Fsp3) is 0.158. The molecule has 0 spiro atoms. The van der Waals surface area contributed by atoms with Crippen LogP contribution in [0.1, 0.15) is 22.6 Å². The molecule has 0 saturated carbocycles. The van der Waals surface area contributed by atoms with E-state index in [1.165, 1.54) is 30.6 Å². The van der Waals surface area contributed by atoms with Gasteiger partial charge >= 0.3 is 6.18 Å². The molecule has 0 aliphatic rings. The topological polar surface area (TPSA) is 30.7 Å². The fourth-order valence-corrected chi connectivity index (χ4v) is 3.29. The van der Waals surface area contributed by atoms with E-state index in [0.29, 0.717) is 5.56 Å². The number of hydrogen-bond donors (Lipinski definition) is 0. The van der Waals surface area contributed by atoms with Gasteiger partial charge in [0.25, 0.3) is 0 Å². The highest BCUT2D eigenvalue weighted by atomic mass is 35.5. The van der Waals surface area contributed by atoms with Crippen LogP contribution >= 0.6 is 23.2 Å². The Kier molecular flexibility index (Phi) is 5.58. The number of rotatable bonds is 4. The second-order valence-corrected chi connectivity index (χ2v) is 6.84. The molecule has 140 valence electrons. The predicted octanol–water partition coefficient (Wildman–Crippen LogP) is 6.24. The molecule has 3 aromatic rings. The third-order valence-corrected chi connectivity index (χ3v) is 4.40. The normalized spacial score (nSPS) is 13.3. The monoisotopic (exact) mass is 411 g/mol. The van der Waals surface area contributed by atoms with Crippen molar-refractivity contribution in [3.8, 4) is 5.69 Å². The molecule has 0 amide bonds. The molecule has 0 aliphatic carbocycles. The molecule has 0 fully saturated rings. The molecule has 0 aliphatic heterocycles. The van der Waals surface area contributed by atoms with Crippen molar-refractivity contribution in [1.82, 2.24) is 14.8 Å². The quantitative estimate of drug-likeness (QED) is 0.508. The smallest absolute Gasteiger partial charge is 0.223 e. The van der Waals surface area contributed by atoms with Gasteiger partial charge in [-0.3, -0.25) is 0 Å². The summed E-state index contributed by atoms with van der Waals surface area (Å²) in [5.41, 5.74) is 2.29. The molecule has 27 heavy (non-hydrogen) atoms. The largest absolute Gasteiger partial charge is 0.399 e. The molecular formula is C19H14Cl2F3N3. The average molecular weight is 412 g/mol. The van der Waals surface area contributed by atoms with Crippen LogP contribution in [0.3, 0.4) is 0 Å². The van der Waals surface area contributed by atoms with Gasteiger partial charge in [-0.15, -0.1) is 0 Å². The zero-order valence-corrected chi connectivity index (χ0v) is 15.6. The summed E-state index contributed by atoms with van der Waals surface area (Å²) in [6.07, 6.45) is 1.04. The van der Waals surface area contributed by atoms with Crippen molar-refractivity contribution in [3.05, 3.63) is 81.9 Å². The van der Waals surface area contributed by atoms with E-state index in [1.54, 1.807) is 29.2 Å². The maximum absolute atomic E-state index is 13.5. The summed E-state index contributed by atoms with van der Waals surface area (Å²) in [6, 6.07) is 9.23. The van der Waals surface area contributed by atoms with Crippen LogP contribution in [0, 0.1) is 6.92 Å². The number of aryl methyl sites for hydroxylation is 1. The Balaban J connectivity index is 1.92. The van der Waals surface area contributed by atoms with E-state index in [-0.39, 0.29) is 15.6 Å². The first-order valence-electron chi connectivity index (χ1n) is 7.90. The molecule has 3 rings (SSSR count). The number of allylic oxidation sites excluding steroid dienone is 1. The molecule has 2 aromatic carbocycles. The maximum atomic E-state index is 13.5. The fourth-order valence-electron chi connectivity index (χ4n) is 2.74. The van der Waals surface area contributed by atoms with Crippen molar-refractivity contribution >= 4 is 29.3 Å². The van der Waals surface area contributed by atoms with E-state index in [1.807, 2.05) is 6.92 Å². The van der Waals surface area contributed by atoms with Crippen molar-refractivity contribution in [2.45, 2.75) is 19.0 Å². The van der Waals surface area contributed by atoms with Crippen LogP contribution in [0.2, 0.25) is 10.0 Å². The van der Waals surface area contributed by atoms with Gasteiger partial charge in [-0.25, -0.2) is 9.67 Å². The van der Waals surface area contributed by atoms with Gasteiger partial charge in [-0.1, -0.05) is 41.4 Å².